The normalized spacial score (nSPS) is 11.7. The first-order valence-corrected chi connectivity index (χ1v) is 7.05. The molecule has 120 valence electrons. The van der Waals surface area contributed by atoms with E-state index in [1.807, 2.05) is 24.3 Å². The lowest BCUT2D eigenvalue weighted by Gasteiger charge is -2.16. The van der Waals surface area contributed by atoms with Gasteiger partial charge < -0.3 is 15.2 Å². The molecule has 6 nitrogen and oxygen atoms in total. The number of esters is 1. The van der Waals surface area contributed by atoms with Crippen molar-refractivity contribution in [3.8, 4) is 0 Å². The van der Waals surface area contributed by atoms with E-state index in [0.717, 1.165) is 16.3 Å². The molecule has 0 saturated heterocycles. The third-order valence-electron chi connectivity index (χ3n) is 3.42. The van der Waals surface area contributed by atoms with E-state index in [-0.39, 0.29) is 0 Å². The van der Waals surface area contributed by atoms with Crippen molar-refractivity contribution < 1.29 is 24.2 Å². The summed E-state index contributed by atoms with van der Waals surface area (Å²) in [5, 5.41) is 13.2. The van der Waals surface area contributed by atoms with Crippen LogP contribution in [0.25, 0.3) is 10.8 Å². The Labute approximate surface area is 133 Å². The average Bonchev–Trinajstić information content (AvgIpc) is 2.50. The van der Waals surface area contributed by atoms with Gasteiger partial charge in [0.15, 0.2) is 6.04 Å². The second kappa shape index (κ2) is 6.91. The van der Waals surface area contributed by atoms with Crippen LogP contribution in [0, 0.1) is 6.92 Å². The monoisotopic (exact) mass is 315 g/mol. The molecule has 1 amide bonds. The van der Waals surface area contributed by atoms with Gasteiger partial charge in [-0.3, -0.25) is 9.59 Å². The van der Waals surface area contributed by atoms with E-state index in [2.05, 4.69) is 10.1 Å². The zero-order valence-electron chi connectivity index (χ0n) is 12.8. The lowest BCUT2D eigenvalue weighted by molar-refractivity contribution is -0.146. The largest absolute Gasteiger partial charge is 0.480 e. The Kier molecular flexibility index (Phi) is 4.95. The van der Waals surface area contributed by atoms with Crippen molar-refractivity contribution in [3.05, 3.63) is 47.5 Å². The molecule has 0 radical (unpaired) electrons. The molecule has 0 aliphatic carbocycles. The van der Waals surface area contributed by atoms with E-state index >= 15 is 0 Å². The van der Waals surface area contributed by atoms with Gasteiger partial charge >= 0.3 is 11.9 Å². The van der Waals surface area contributed by atoms with Gasteiger partial charge in [0.25, 0.3) is 5.91 Å². The number of carboxylic acid groups (broad SMARTS) is 1. The zero-order valence-corrected chi connectivity index (χ0v) is 12.8. The van der Waals surface area contributed by atoms with Crippen molar-refractivity contribution in [1.82, 2.24) is 5.32 Å². The molecule has 2 N–H and O–H groups in total. The summed E-state index contributed by atoms with van der Waals surface area (Å²) < 4.78 is 4.69. The first-order chi connectivity index (χ1) is 10.9. The van der Waals surface area contributed by atoms with E-state index in [1.54, 1.807) is 19.1 Å². The third-order valence-corrected chi connectivity index (χ3v) is 3.42. The van der Waals surface area contributed by atoms with Gasteiger partial charge in [-0.2, -0.15) is 0 Å². The molecule has 2 aromatic rings. The van der Waals surface area contributed by atoms with Crippen LogP contribution in [-0.2, 0) is 14.3 Å². The molecule has 1 atom stereocenters. The molecule has 2 aromatic carbocycles. The molecule has 0 bridgehead atoms. The highest BCUT2D eigenvalue weighted by molar-refractivity contribution is 6.09. The van der Waals surface area contributed by atoms with E-state index in [1.165, 1.54) is 6.92 Å². The summed E-state index contributed by atoms with van der Waals surface area (Å²) >= 11 is 0. The van der Waals surface area contributed by atoms with Crippen molar-refractivity contribution in [2.45, 2.75) is 19.9 Å². The molecular formula is C17H17NO5. The summed E-state index contributed by atoms with van der Waals surface area (Å²) in [5.41, 5.74) is 1.15. The van der Waals surface area contributed by atoms with Crippen LogP contribution in [0.15, 0.2) is 36.4 Å². The van der Waals surface area contributed by atoms with Gasteiger partial charge in [-0.25, -0.2) is 4.79 Å². The van der Waals surface area contributed by atoms with Gasteiger partial charge in [-0.05, 0) is 23.3 Å². The van der Waals surface area contributed by atoms with Gasteiger partial charge in [0.2, 0.25) is 0 Å². The van der Waals surface area contributed by atoms with E-state index in [0.29, 0.717) is 5.56 Å². The van der Waals surface area contributed by atoms with Crippen LogP contribution >= 0.6 is 0 Å². The number of nitrogens with one attached hydrogen (secondary N) is 1. The lowest BCUT2D eigenvalue weighted by atomic mass is 9.99. The Balaban J connectivity index is 2.31. The smallest absolute Gasteiger partial charge is 0.329 e. The Morgan fingerprint density at radius 1 is 1.17 bits per heavy atom. The highest BCUT2D eigenvalue weighted by Gasteiger charge is 2.23. The van der Waals surface area contributed by atoms with Gasteiger partial charge in [0.05, 0.1) is 5.56 Å². The molecule has 23 heavy (non-hydrogen) atoms. The Bertz CT molecular complexity index is 769. The average molecular weight is 315 g/mol. The number of fused-ring (bicyclic) bond motifs is 1. The highest BCUT2D eigenvalue weighted by atomic mass is 16.5. The fourth-order valence-electron chi connectivity index (χ4n) is 2.29. The number of amides is 1. The third kappa shape index (κ3) is 3.85. The van der Waals surface area contributed by atoms with Crippen molar-refractivity contribution >= 4 is 28.6 Å². The minimum atomic E-state index is -1.30. The number of aryl methyl sites for hydroxylation is 1. The molecule has 0 aliphatic heterocycles. The molecule has 0 saturated carbocycles. The van der Waals surface area contributed by atoms with E-state index in [9.17, 15) is 14.4 Å². The summed E-state index contributed by atoms with van der Waals surface area (Å²) in [4.78, 5) is 34.6. The van der Waals surface area contributed by atoms with Crippen LogP contribution in [0.3, 0.4) is 0 Å². The van der Waals surface area contributed by atoms with Gasteiger partial charge in [-0.1, -0.05) is 36.4 Å². The van der Waals surface area contributed by atoms with Crippen molar-refractivity contribution in [3.63, 3.8) is 0 Å². The molecular weight excluding hydrogens is 298 g/mol. The SMILES string of the molecule is CC(=O)OC[C@H](NC(=O)c1c(C)ccc2ccccc12)C(=O)O. The first kappa shape index (κ1) is 16.5. The molecule has 0 fully saturated rings. The maximum absolute atomic E-state index is 12.5. The molecule has 0 heterocycles. The quantitative estimate of drug-likeness (QED) is 0.822. The molecule has 6 heteroatoms. The lowest BCUT2D eigenvalue weighted by Crippen LogP contribution is -2.44. The van der Waals surface area contributed by atoms with Crippen LogP contribution in [0.4, 0.5) is 0 Å². The zero-order chi connectivity index (χ0) is 17.0. The Morgan fingerprint density at radius 2 is 1.87 bits per heavy atom. The van der Waals surface area contributed by atoms with Crippen molar-refractivity contribution in [1.29, 1.82) is 0 Å². The fraction of sp³-hybridized carbons (Fsp3) is 0.235. The maximum atomic E-state index is 12.5. The number of carbonyl (C=O) groups is 3. The summed E-state index contributed by atoms with van der Waals surface area (Å²) in [6.07, 6.45) is 0. The predicted octanol–water partition coefficient (Wildman–Crippen LogP) is 1.89. The molecule has 0 spiro atoms. The number of aliphatic carboxylic acids is 1. The summed E-state index contributed by atoms with van der Waals surface area (Å²) in [7, 11) is 0. The summed E-state index contributed by atoms with van der Waals surface area (Å²) in [6, 6.07) is 9.75. The van der Waals surface area contributed by atoms with Gasteiger partial charge in [-0.15, -0.1) is 0 Å². The summed E-state index contributed by atoms with van der Waals surface area (Å²) in [6.45, 7) is 2.54. The highest BCUT2D eigenvalue weighted by Crippen LogP contribution is 2.22. The van der Waals surface area contributed by atoms with Gasteiger partial charge in [0, 0.05) is 6.92 Å². The van der Waals surface area contributed by atoms with Crippen LogP contribution < -0.4 is 5.32 Å². The van der Waals surface area contributed by atoms with Crippen molar-refractivity contribution in [2.24, 2.45) is 0 Å². The van der Waals surface area contributed by atoms with Crippen LogP contribution in [0.2, 0.25) is 0 Å². The number of benzene rings is 2. The first-order valence-electron chi connectivity index (χ1n) is 7.05. The predicted molar refractivity (Wildman–Crippen MR) is 84.2 cm³/mol. The number of carboxylic acids is 1. The number of hydrogen-bond donors (Lipinski definition) is 2. The number of ether oxygens (including phenoxy) is 1. The van der Waals surface area contributed by atoms with Gasteiger partial charge in [0.1, 0.15) is 6.61 Å². The fourth-order valence-corrected chi connectivity index (χ4v) is 2.29. The maximum Gasteiger partial charge on any atom is 0.329 e. The Hall–Kier alpha value is -2.89. The Morgan fingerprint density at radius 3 is 2.52 bits per heavy atom. The minimum Gasteiger partial charge on any atom is -0.480 e. The molecule has 0 unspecified atom stereocenters. The second-order valence-corrected chi connectivity index (χ2v) is 5.15. The molecule has 2 rings (SSSR count). The second-order valence-electron chi connectivity index (χ2n) is 5.15. The molecule has 0 aromatic heterocycles. The van der Waals surface area contributed by atoms with Crippen LogP contribution in [0.1, 0.15) is 22.8 Å². The number of carbonyl (C=O) groups excluding carboxylic acids is 2. The number of rotatable bonds is 5. The van der Waals surface area contributed by atoms with Crippen LogP contribution in [-0.4, -0.2) is 35.6 Å². The number of hydrogen-bond acceptors (Lipinski definition) is 4. The van der Waals surface area contributed by atoms with E-state index in [4.69, 9.17) is 5.11 Å². The minimum absolute atomic E-state index is 0.414. The molecule has 0 aliphatic rings. The topological polar surface area (TPSA) is 92.7 Å². The standard InChI is InChI=1S/C17H17NO5/c1-10-7-8-12-5-3-4-6-13(12)15(10)16(20)18-14(17(21)22)9-23-11(2)19/h3-8,14H,9H2,1-2H3,(H,18,20)(H,21,22)/t14-/m0/s1. The van der Waals surface area contributed by atoms with Crippen molar-refractivity contribution in [2.75, 3.05) is 6.61 Å². The van der Waals surface area contributed by atoms with Crippen LogP contribution in [0.5, 0.6) is 0 Å². The summed E-state index contributed by atoms with van der Waals surface area (Å²) in [5.74, 6) is -2.39. The van der Waals surface area contributed by atoms with E-state index < -0.39 is 30.5 Å².